The van der Waals surface area contributed by atoms with Crippen LogP contribution in [-0.4, -0.2) is 4.98 Å². The summed E-state index contributed by atoms with van der Waals surface area (Å²) in [4.78, 5) is 14.3. The van der Waals surface area contributed by atoms with Gasteiger partial charge in [0.25, 0.3) is 5.56 Å². The Morgan fingerprint density at radius 3 is 2.68 bits per heavy atom. The van der Waals surface area contributed by atoms with Gasteiger partial charge in [0.2, 0.25) is 0 Å². The number of hydrogen-bond donors (Lipinski definition) is 1. The number of halogens is 3. The predicted molar refractivity (Wildman–Crippen MR) is 82.3 cm³/mol. The van der Waals surface area contributed by atoms with Gasteiger partial charge in [0.1, 0.15) is 17.4 Å². The molecular formula is C13H7BrFIN2O. The number of nitrogens with one attached hydrogen (secondary N) is 1. The van der Waals surface area contributed by atoms with E-state index < -0.39 is 11.4 Å². The fourth-order valence-electron chi connectivity index (χ4n) is 1.76. The van der Waals surface area contributed by atoms with Crippen molar-refractivity contribution in [2.45, 2.75) is 6.92 Å². The molecule has 0 saturated heterocycles. The van der Waals surface area contributed by atoms with E-state index in [4.69, 9.17) is 5.26 Å². The minimum absolute atomic E-state index is 0.0206. The number of pyridine rings is 1. The van der Waals surface area contributed by atoms with Crippen LogP contribution in [0.5, 0.6) is 0 Å². The van der Waals surface area contributed by atoms with Crippen LogP contribution in [0.15, 0.2) is 27.5 Å². The Balaban J connectivity index is 2.87. The number of aryl methyl sites for hydroxylation is 1. The SMILES string of the molecule is Cc1cc(-c2cc(F)cc(I)c2Br)c(C#N)c(=O)[nH]1. The largest absolute Gasteiger partial charge is 0.325 e. The van der Waals surface area contributed by atoms with Gasteiger partial charge >= 0.3 is 0 Å². The molecule has 3 nitrogen and oxygen atoms in total. The Labute approximate surface area is 130 Å². The third-order valence-corrected chi connectivity index (χ3v) is 5.01. The van der Waals surface area contributed by atoms with E-state index in [1.54, 1.807) is 13.0 Å². The Morgan fingerprint density at radius 1 is 1.37 bits per heavy atom. The van der Waals surface area contributed by atoms with Gasteiger partial charge < -0.3 is 4.98 Å². The minimum atomic E-state index is -0.469. The lowest BCUT2D eigenvalue weighted by Crippen LogP contribution is -2.13. The van der Waals surface area contributed by atoms with Crippen LogP contribution in [0.25, 0.3) is 11.1 Å². The maximum Gasteiger partial charge on any atom is 0.266 e. The second kappa shape index (κ2) is 5.43. The smallest absolute Gasteiger partial charge is 0.266 e. The van der Waals surface area contributed by atoms with E-state index in [9.17, 15) is 9.18 Å². The van der Waals surface area contributed by atoms with Crippen molar-refractivity contribution < 1.29 is 4.39 Å². The van der Waals surface area contributed by atoms with Crippen molar-refractivity contribution in [3.63, 3.8) is 0 Å². The molecule has 96 valence electrons. The first-order chi connectivity index (χ1) is 8.93. The number of aromatic nitrogens is 1. The molecule has 0 spiro atoms. The molecule has 0 saturated carbocycles. The number of rotatable bonds is 1. The van der Waals surface area contributed by atoms with Crippen LogP contribution >= 0.6 is 38.5 Å². The maximum absolute atomic E-state index is 13.5. The highest BCUT2D eigenvalue weighted by Gasteiger charge is 2.15. The summed E-state index contributed by atoms with van der Waals surface area (Å²) in [6.45, 7) is 1.71. The summed E-state index contributed by atoms with van der Waals surface area (Å²) in [5.74, 6) is -0.413. The summed E-state index contributed by atoms with van der Waals surface area (Å²) in [5.41, 5.74) is 1.05. The second-order valence-corrected chi connectivity index (χ2v) is 5.89. The molecule has 0 radical (unpaired) electrons. The number of nitrogens with zero attached hydrogens (tertiary/aromatic N) is 1. The van der Waals surface area contributed by atoms with E-state index in [1.165, 1.54) is 12.1 Å². The van der Waals surface area contributed by atoms with Gasteiger partial charge in [-0.05, 0) is 63.6 Å². The number of aromatic amines is 1. The predicted octanol–water partition coefficient (Wildman–Crippen LogP) is 3.73. The van der Waals surface area contributed by atoms with Crippen molar-refractivity contribution in [1.82, 2.24) is 4.98 Å². The molecule has 1 N–H and O–H groups in total. The monoisotopic (exact) mass is 432 g/mol. The summed E-state index contributed by atoms with van der Waals surface area (Å²) in [6.07, 6.45) is 0. The van der Waals surface area contributed by atoms with Gasteiger partial charge in [-0.15, -0.1) is 0 Å². The van der Waals surface area contributed by atoms with Crippen LogP contribution in [-0.2, 0) is 0 Å². The van der Waals surface area contributed by atoms with Crippen molar-refractivity contribution in [2.24, 2.45) is 0 Å². The van der Waals surface area contributed by atoms with Gasteiger partial charge in [0.15, 0.2) is 0 Å². The fraction of sp³-hybridized carbons (Fsp3) is 0.0769. The van der Waals surface area contributed by atoms with Gasteiger partial charge in [-0.25, -0.2) is 4.39 Å². The Morgan fingerprint density at radius 2 is 2.05 bits per heavy atom. The number of H-pyrrole nitrogens is 1. The molecule has 2 rings (SSSR count). The first-order valence-electron chi connectivity index (χ1n) is 5.23. The van der Waals surface area contributed by atoms with Crippen molar-refractivity contribution in [3.05, 3.63) is 53.7 Å². The van der Waals surface area contributed by atoms with Gasteiger partial charge in [-0.1, -0.05) is 0 Å². The average Bonchev–Trinajstić information content (AvgIpc) is 2.33. The van der Waals surface area contributed by atoms with Crippen molar-refractivity contribution >= 4 is 38.5 Å². The van der Waals surface area contributed by atoms with Gasteiger partial charge in [-0.3, -0.25) is 4.79 Å². The van der Waals surface area contributed by atoms with Crippen LogP contribution < -0.4 is 5.56 Å². The zero-order chi connectivity index (χ0) is 14.2. The highest BCUT2D eigenvalue weighted by atomic mass is 127. The zero-order valence-electron chi connectivity index (χ0n) is 9.72. The van der Waals surface area contributed by atoms with Crippen LogP contribution in [0.1, 0.15) is 11.3 Å². The van der Waals surface area contributed by atoms with Crippen molar-refractivity contribution in [2.75, 3.05) is 0 Å². The van der Waals surface area contributed by atoms with E-state index in [1.807, 2.05) is 28.7 Å². The topological polar surface area (TPSA) is 56.6 Å². The minimum Gasteiger partial charge on any atom is -0.325 e. The molecule has 0 fully saturated rings. The molecule has 1 aromatic heterocycles. The lowest BCUT2D eigenvalue weighted by atomic mass is 10.0. The van der Waals surface area contributed by atoms with Gasteiger partial charge in [0, 0.05) is 24.9 Å². The van der Waals surface area contributed by atoms with Gasteiger partial charge in [0.05, 0.1) is 0 Å². The fourth-order valence-corrected chi connectivity index (χ4v) is 2.79. The summed E-state index contributed by atoms with van der Waals surface area (Å²) in [5, 5.41) is 9.10. The summed E-state index contributed by atoms with van der Waals surface area (Å²) >= 11 is 5.36. The summed E-state index contributed by atoms with van der Waals surface area (Å²) in [7, 11) is 0. The van der Waals surface area contributed by atoms with Crippen molar-refractivity contribution in [3.8, 4) is 17.2 Å². The molecule has 0 amide bonds. The molecule has 0 aliphatic heterocycles. The lowest BCUT2D eigenvalue weighted by Gasteiger charge is -2.09. The van der Waals surface area contributed by atoms with Crippen LogP contribution in [0, 0.1) is 27.6 Å². The quantitative estimate of drug-likeness (QED) is 0.551. The number of benzene rings is 1. The first kappa shape index (κ1) is 14.2. The molecule has 0 bridgehead atoms. The summed E-state index contributed by atoms with van der Waals surface area (Å²) in [6, 6.07) is 6.21. The van der Waals surface area contributed by atoms with Gasteiger partial charge in [-0.2, -0.15) is 5.26 Å². The Kier molecular flexibility index (Phi) is 4.06. The zero-order valence-corrected chi connectivity index (χ0v) is 13.5. The third kappa shape index (κ3) is 2.72. The van der Waals surface area contributed by atoms with E-state index in [2.05, 4.69) is 20.9 Å². The molecule has 1 heterocycles. The Hall–Kier alpha value is -1.20. The first-order valence-corrected chi connectivity index (χ1v) is 7.10. The average molecular weight is 433 g/mol. The lowest BCUT2D eigenvalue weighted by molar-refractivity contribution is 0.627. The molecule has 0 atom stereocenters. The van der Waals surface area contributed by atoms with Crippen molar-refractivity contribution in [1.29, 1.82) is 5.26 Å². The molecule has 0 aliphatic carbocycles. The van der Waals surface area contributed by atoms with E-state index in [0.717, 1.165) is 0 Å². The molecule has 2 aromatic rings. The molecular weight excluding hydrogens is 426 g/mol. The number of hydrogen-bond acceptors (Lipinski definition) is 2. The normalized spacial score (nSPS) is 10.3. The molecule has 0 aliphatic rings. The Bertz CT molecular complexity index is 764. The van der Waals surface area contributed by atoms with Crippen LogP contribution in [0.3, 0.4) is 0 Å². The standard InChI is InChI=1S/C13H7BrFIN2O/c1-6-2-8(10(5-17)13(19)18-6)9-3-7(15)4-11(16)12(9)14/h2-4H,1H3,(H,18,19). The molecule has 6 heteroatoms. The van der Waals surface area contributed by atoms with E-state index in [0.29, 0.717) is 24.9 Å². The highest BCUT2D eigenvalue weighted by molar-refractivity contribution is 14.1. The third-order valence-electron chi connectivity index (χ3n) is 2.56. The molecule has 0 unspecified atom stereocenters. The van der Waals surface area contributed by atoms with Crippen LogP contribution in [0.4, 0.5) is 4.39 Å². The molecule has 19 heavy (non-hydrogen) atoms. The van der Waals surface area contributed by atoms with Crippen LogP contribution in [0.2, 0.25) is 0 Å². The molecule has 1 aromatic carbocycles. The number of nitriles is 1. The second-order valence-electron chi connectivity index (χ2n) is 3.93. The summed E-state index contributed by atoms with van der Waals surface area (Å²) < 4.78 is 14.9. The maximum atomic E-state index is 13.5. The van der Waals surface area contributed by atoms with E-state index >= 15 is 0 Å². The highest BCUT2D eigenvalue weighted by Crippen LogP contribution is 2.34. The van der Waals surface area contributed by atoms with E-state index in [-0.39, 0.29) is 5.56 Å².